The van der Waals surface area contributed by atoms with E-state index in [0.29, 0.717) is 4.64 Å². The molecule has 1 unspecified atom stereocenters. The summed E-state index contributed by atoms with van der Waals surface area (Å²) in [4.78, 5) is 2.70. The Labute approximate surface area is 113 Å². The number of rotatable bonds is 2. The highest BCUT2D eigenvalue weighted by Crippen LogP contribution is 2.41. The smallest absolute Gasteiger partial charge is 0.181 e. The molecular weight excluding hydrogens is 279 g/mol. The van der Waals surface area contributed by atoms with Crippen molar-refractivity contribution in [3.05, 3.63) is 21.7 Å². The first-order valence-corrected chi connectivity index (χ1v) is 6.14. The van der Waals surface area contributed by atoms with Gasteiger partial charge in [0, 0.05) is 6.20 Å². The molecule has 0 amide bonds. The number of hydrogen-bond acceptors (Lipinski definition) is 5. The number of H-pyrrole nitrogens is 1. The van der Waals surface area contributed by atoms with E-state index in [9.17, 15) is 9.50 Å². The molecule has 100 valence electrons. The average molecular weight is 292 g/mol. The van der Waals surface area contributed by atoms with E-state index in [0.717, 1.165) is 0 Å². The van der Waals surface area contributed by atoms with Gasteiger partial charge in [0.25, 0.3) is 0 Å². The van der Waals surface area contributed by atoms with E-state index in [1.54, 1.807) is 6.07 Å². The Morgan fingerprint density at radius 2 is 2.28 bits per heavy atom. The molecule has 3 N–H and O–H groups in total. The minimum atomic E-state index is -2.05. The van der Waals surface area contributed by atoms with E-state index in [-0.39, 0.29) is 4.77 Å². The van der Waals surface area contributed by atoms with Crippen molar-refractivity contribution < 1.29 is 19.3 Å². The Bertz CT molecular complexity index is 557. The van der Waals surface area contributed by atoms with Crippen molar-refractivity contribution in [1.29, 1.82) is 0 Å². The van der Waals surface area contributed by atoms with Crippen molar-refractivity contribution in [2.24, 2.45) is 0 Å². The molecule has 0 aliphatic carbocycles. The summed E-state index contributed by atoms with van der Waals surface area (Å²) < 4.78 is 21.8. The zero-order chi connectivity index (χ0) is 13.5. The fourth-order valence-corrected chi connectivity index (χ4v) is 2.46. The van der Waals surface area contributed by atoms with Gasteiger partial charge in [0.15, 0.2) is 16.7 Å². The van der Waals surface area contributed by atoms with Crippen LogP contribution in [0.1, 0.15) is 13.2 Å². The minimum Gasteiger partial charge on any atom is -0.394 e. The van der Waals surface area contributed by atoms with Crippen LogP contribution < -0.4 is 0 Å². The van der Waals surface area contributed by atoms with Crippen LogP contribution in [0.4, 0.5) is 4.39 Å². The maximum atomic E-state index is 14.5. The maximum Gasteiger partial charge on any atom is 0.181 e. The number of halogens is 1. The largest absolute Gasteiger partial charge is 0.394 e. The molecule has 4 atom stereocenters. The molecular formula is C10H13FN2O3S2. The number of nitrogens with one attached hydrogen (secondary N) is 1. The highest BCUT2D eigenvalue weighted by Gasteiger charge is 2.54. The van der Waals surface area contributed by atoms with E-state index in [2.05, 4.69) is 4.98 Å². The van der Waals surface area contributed by atoms with Crippen LogP contribution in [0.25, 0.3) is 0 Å². The third-order valence-electron chi connectivity index (χ3n) is 3.00. The van der Waals surface area contributed by atoms with E-state index in [4.69, 9.17) is 34.3 Å². The summed E-state index contributed by atoms with van der Waals surface area (Å²) in [6, 6.07) is 1.54. The summed E-state index contributed by atoms with van der Waals surface area (Å²) in [5.74, 6) is 0. The van der Waals surface area contributed by atoms with Gasteiger partial charge in [-0.25, -0.2) is 4.39 Å². The van der Waals surface area contributed by atoms with Gasteiger partial charge < -0.3 is 19.9 Å². The van der Waals surface area contributed by atoms with Crippen molar-refractivity contribution in [3.63, 3.8) is 0 Å². The summed E-state index contributed by atoms with van der Waals surface area (Å²) in [7, 11) is 0. The van der Waals surface area contributed by atoms with Crippen LogP contribution in [0.2, 0.25) is 0 Å². The van der Waals surface area contributed by atoms with Gasteiger partial charge in [-0.05, 0) is 25.2 Å². The van der Waals surface area contributed by atoms with Crippen LogP contribution in [0.15, 0.2) is 12.3 Å². The molecule has 18 heavy (non-hydrogen) atoms. The van der Waals surface area contributed by atoms with E-state index < -0.39 is 30.7 Å². The summed E-state index contributed by atoms with van der Waals surface area (Å²) >= 11 is 9.94. The predicted octanol–water partition coefficient (Wildman–Crippen LogP) is 1.25. The number of ether oxygens (including phenoxy) is 1. The summed E-state index contributed by atoms with van der Waals surface area (Å²) in [6.07, 6.45) is -2.01. The molecule has 5 nitrogen and oxygen atoms in total. The first-order valence-electron chi connectivity index (χ1n) is 5.32. The highest BCUT2D eigenvalue weighted by molar-refractivity contribution is 7.72. The SMILES string of the molecule is CC1(F)[C@@H](O)[C@@H](CO)O[C@H]1n1ccc(=S)[nH]c1=S. The lowest BCUT2D eigenvalue weighted by Crippen LogP contribution is -2.40. The molecule has 2 heterocycles. The van der Waals surface area contributed by atoms with Gasteiger partial charge in [-0.3, -0.25) is 4.57 Å². The van der Waals surface area contributed by atoms with Crippen molar-refractivity contribution in [2.75, 3.05) is 6.61 Å². The van der Waals surface area contributed by atoms with Gasteiger partial charge in [0.05, 0.1) is 6.61 Å². The van der Waals surface area contributed by atoms with Crippen molar-refractivity contribution in [3.8, 4) is 0 Å². The first-order chi connectivity index (χ1) is 8.37. The van der Waals surface area contributed by atoms with E-state index in [1.165, 1.54) is 17.7 Å². The molecule has 1 aromatic rings. The number of hydrogen-bond donors (Lipinski definition) is 3. The Balaban J connectivity index is 2.45. The standard InChI is InChI=1S/C10H13FN2O3S2/c1-10(11)7(15)5(4-14)16-8(10)13-3-2-6(17)12-9(13)18/h2-3,5,7-8,14-15H,4H2,1H3,(H,12,17,18)/t5-,7+,8-,10?/m1/s1. The Kier molecular flexibility index (Phi) is 3.65. The van der Waals surface area contributed by atoms with E-state index in [1.807, 2.05) is 0 Å². The molecule has 0 aromatic carbocycles. The third kappa shape index (κ3) is 2.14. The van der Waals surface area contributed by atoms with E-state index >= 15 is 0 Å². The normalized spacial score (nSPS) is 35.9. The van der Waals surface area contributed by atoms with Crippen LogP contribution >= 0.6 is 24.4 Å². The second kappa shape index (κ2) is 4.78. The molecule has 1 aromatic heterocycles. The fourth-order valence-electron chi connectivity index (χ4n) is 1.97. The van der Waals surface area contributed by atoms with Crippen LogP contribution in [-0.2, 0) is 4.74 Å². The molecule has 1 saturated heterocycles. The van der Waals surface area contributed by atoms with Gasteiger partial charge >= 0.3 is 0 Å². The number of alkyl halides is 1. The van der Waals surface area contributed by atoms with Crippen LogP contribution in [-0.4, -0.2) is 44.2 Å². The number of aromatic amines is 1. The molecule has 1 aliphatic heterocycles. The fraction of sp³-hybridized carbons (Fsp3) is 0.600. The highest BCUT2D eigenvalue weighted by atomic mass is 32.1. The monoisotopic (exact) mass is 292 g/mol. The second-order valence-electron chi connectivity index (χ2n) is 4.32. The number of aliphatic hydroxyl groups is 2. The van der Waals surface area contributed by atoms with Crippen molar-refractivity contribution in [2.45, 2.75) is 31.0 Å². The van der Waals surface area contributed by atoms with Crippen molar-refractivity contribution >= 4 is 24.4 Å². The topological polar surface area (TPSA) is 70.4 Å². The quantitative estimate of drug-likeness (QED) is 0.716. The average Bonchev–Trinajstić information content (AvgIpc) is 2.52. The minimum absolute atomic E-state index is 0.196. The van der Waals surface area contributed by atoms with Crippen LogP contribution in [0.5, 0.6) is 0 Å². The van der Waals surface area contributed by atoms with Gasteiger partial charge in [0.1, 0.15) is 16.8 Å². The summed E-state index contributed by atoms with van der Waals surface area (Å²) in [6.45, 7) is 0.745. The number of aromatic nitrogens is 2. The Morgan fingerprint density at radius 3 is 2.78 bits per heavy atom. The third-order valence-corrected chi connectivity index (χ3v) is 3.55. The lowest BCUT2D eigenvalue weighted by Gasteiger charge is -2.25. The molecule has 2 rings (SSSR count). The number of aliphatic hydroxyl groups excluding tert-OH is 2. The maximum absolute atomic E-state index is 14.5. The zero-order valence-corrected chi connectivity index (χ0v) is 11.2. The van der Waals surface area contributed by atoms with Gasteiger partial charge in [-0.1, -0.05) is 12.2 Å². The molecule has 8 heteroatoms. The van der Waals surface area contributed by atoms with Crippen LogP contribution in [0, 0.1) is 9.41 Å². The number of nitrogens with zero attached hydrogens (tertiary/aromatic N) is 1. The second-order valence-corrected chi connectivity index (χ2v) is 5.15. The predicted molar refractivity (Wildman–Crippen MR) is 67.0 cm³/mol. The molecule has 0 bridgehead atoms. The van der Waals surface area contributed by atoms with Gasteiger partial charge in [-0.15, -0.1) is 0 Å². The lowest BCUT2D eigenvalue weighted by molar-refractivity contribution is -0.0601. The summed E-state index contributed by atoms with van der Waals surface area (Å²) in [5, 5.41) is 18.8. The Morgan fingerprint density at radius 1 is 1.61 bits per heavy atom. The molecule has 0 spiro atoms. The van der Waals surface area contributed by atoms with Gasteiger partial charge in [-0.2, -0.15) is 0 Å². The molecule has 1 aliphatic rings. The van der Waals surface area contributed by atoms with Gasteiger partial charge in [0.2, 0.25) is 0 Å². The lowest BCUT2D eigenvalue weighted by atomic mass is 9.99. The molecule has 0 radical (unpaired) electrons. The summed E-state index contributed by atoms with van der Waals surface area (Å²) in [5.41, 5.74) is -2.05. The van der Waals surface area contributed by atoms with Crippen molar-refractivity contribution in [1.82, 2.24) is 9.55 Å². The Hall–Kier alpha value is -0.670. The molecule has 0 saturated carbocycles. The van der Waals surface area contributed by atoms with Crippen LogP contribution in [0.3, 0.4) is 0 Å². The first kappa shape index (κ1) is 13.8. The zero-order valence-electron chi connectivity index (χ0n) is 9.54. The molecule has 1 fully saturated rings.